The van der Waals surface area contributed by atoms with Gasteiger partial charge in [-0.3, -0.25) is 9.74 Å². The molecule has 2 heterocycles. The van der Waals surface area contributed by atoms with Crippen LogP contribution in [-0.2, 0) is 15.7 Å². The minimum atomic E-state index is -4.57. The van der Waals surface area contributed by atoms with Crippen molar-refractivity contribution >= 4 is 12.6 Å². The van der Waals surface area contributed by atoms with E-state index in [1.165, 1.54) is 0 Å². The highest BCUT2D eigenvalue weighted by Crippen LogP contribution is 2.28. The monoisotopic (exact) mass is 456 g/mol. The Bertz CT molecular complexity index is 652. The second kappa shape index (κ2) is 17.0. The average molecular weight is 456 g/mol. The summed E-state index contributed by atoms with van der Waals surface area (Å²) in [6, 6.07) is 2.71. The number of carbonyl (C=O) groups excluding carboxylic acids is 1. The molecule has 6 N–H and O–H groups in total. The number of nitrogens with one attached hydrogen (secondary N) is 2. The van der Waals surface area contributed by atoms with Gasteiger partial charge in [0.05, 0.1) is 17.9 Å². The van der Waals surface area contributed by atoms with E-state index in [2.05, 4.69) is 15.2 Å². The van der Waals surface area contributed by atoms with Gasteiger partial charge in [-0.2, -0.15) is 13.2 Å². The first-order valence-electron chi connectivity index (χ1n) is 9.03. The maximum Gasteiger partial charge on any atom is 0.433 e. The highest BCUT2D eigenvalue weighted by molar-refractivity contribution is 5.78. The summed E-state index contributed by atoms with van der Waals surface area (Å²) in [5, 5.41) is 26.9. The molecule has 1 aromatic heterocycles. The van der Waals surface area contributed by atoms with Crippen molar-refractivity contribution in [1.29, 1.82) is 5.41 Å². The molecule has 31 heavy (non-hydrogen) atoms. The van der Waals surface area contributed by atoms with Gasteiger partial charge in [0.25, 0.3) is 5.88 Å². The number of nitrogens with zero attached hydrogens (tertiary/aromatic N) is 1. The zero-order valence-electron chi connectivity index (χ0n) is 17.3. The lowest BCUT2D eigenvalue weighted by Crippen LogP contribution is -2.42. The summed E-state index contributed by atoms with van der Waals surface area (Å²) in [4.78, 5) is 15.5. The number of hydrogen-bond donors (Lipinski definition) is 5. The van der Waals surface area contributed by atoms with Crippen molar-refractivity contribution in [3.63, 3.8) is 0 Å². The van der Waals surface area contributed by atoms with Crippen molar-refractivity contribution in [2.75, 3.05) is 6.61 Å². The van der Waals surface area contributed by atoms with Crippen LogP contribution in [0, 0.1) is 5.41 Å². The fraction of sp³-hybridized carbons (Fsp3) is 0.500. The molecule has 1 aliphatic heterocycles. The van der Waals surface area contributed by atoms with Crippen LogP contribution in [0.4, 0.5) is 17.7 Å². The van der Waals surface area contributed by atoms with Crippen molar-refractivity contribution in [3.8, 4) is 5.88 Å². The van der Waals surface area contributed by atoms with E-state index in [0.29, 0.717) is 25.1 Å². The molecule has 13 heteroatoms. The number of aliphatic hydroxyl groups is 2. The van der Waals surface area contributed by atoms with E-state index in [1.54, 1.807) is 6.92 Å². The molecule has 0 spiro atoms. The Morgan fingerprint density at radius 1 is 1.39 bits per heavy atom. The molecule has 0 aliphatic carbocycles. The fourth-order valence-electron chi connectivity index (χ4n) is 1.78. The lowest BCUT2D eigenvalue weighted by molar-refractivity contribution is -0.142. The predicted molar refractivity (Wildman–Crippen MR) is 105 cm³/mol. The van der Waals surface area contributed by atoms with Crippen LogP contribution in [0.2, 0.25) is 0 Å². The molecule has 3 atom stereocenters. The quantitative estimate of drug-likeness (QED) is 0.264. The van der Waals surface area contributed by atoms with Gasteiger partial charge in [-0.15, -0.1) is 0 Å². The first kappa shape index (κ1) is 30.4. The van der Waals surface area contributed by atoms with Gasteiger partial charge in [-0.05, 0) is 19.4 Å². The SMILES string of the molecule is CC.CC1OCCC(O)C1O.FOc1cccc(C(F)(F)F)n1.N=C/C(=C\N)NC=O. The van der Waals surface area contributed by atoms with E-state index in [0.717, 1.165) is 30.6 Å². The number of pyridine rings is 1. The molecule has 9 nitrogen and oxygen atoms in total. The third kappa shape index (κ3) is 13.2. The summed E-state index contributed by atoms with van der Waals surface area (Å²) >= 11 is 0. The molecule has 0 bridgehead atoms. The van der Waals surface area contributed by atoms with E-state index in [4.69, 9.17) is 26.1 Å². The fourth-order valence-corrected chi connectivity index (χ4v) is 1.78. The molecule has 1 saturated heterocycles. The van der Waals surface area contributed by atoms with Crippen LogP contribution in [0.3, 0.4) is 0 Å². The molecule has 3 unspecified atom stereocenters. The second-order valence-corrected chi connectivity index (χ2v) is 5.39. The Balaban J connectivity index is 0. The van der Waals surface area contributed by atoms with E-state index < -0.39 is 30.0 Å². The van der Waals surface area contributed by atoms with Gasteiger partial charge in [0.1, 0.15) is 11.8 Å². The molecular formula is C18H28F4N4O5. The van der Waals surface area contributed by atoms with E-state index in [1.807, 2.05) is 13.8 Å². The molecule has 0 aromatic carbocycles. The molecule has 178 valence electrons. The smallest absolute Gasteiger partial charge is 0.403 e. The number of alkyl halides is 3. The normalized spacial score (nSPS) is 20.3. The Morgan fingerprint density at radius 3 is 2.35 bits per heavy atom. The molecule has 2 rings (SSSR count). The van der Waals surface area contributed by atoms with Gasteiger partial charge in [0.15, 0.2) is 0 Å². The molecule has 0 radical (unpaired) electrons. The second-order valence-electron chi connectivity index (χ2n) is 5.39. The zero-order valence-corrected chi connectivity index (χ0v) is 17.3. The van der Waals surface area contributed by atoms with Crippen LogP contribution in [0.5, 0.6) is 5.88 Å². The number of halogens is 4. The Kier molecular flexibility index (Phi) is 16.7. The van der Waals surface area contributed by atoms with Crippen molar-refractivity contribution < 1.29 is 42.4 Å². The molecular weight excluding hydrogens is 428 g/mol. The number of aliphatic hydroxyl groups excluding tert-OH is 2. The van der Waals surface area contributed by atoms with Crippen molar-refractivity contribution in [2.45, 2.75) is 51.7 Å². The number of rotatable bonds is 4. The van der Waals surface area contributed by atoms with Crippen LogP contribution in [0.15, 0.2) is 30.1 Å². The van der Waals surface area contributed by atoms with Gasteiger partial charge in [-0.1, -0.05) is 19.9 Å². The minimum Gasteiger partial charge on any atom is -0.403 e. The number of nitrogens with two attached hydrogens (primary N) is 1. The van der Waals surface area contributed by atoms with Gasteiger partial charge >= 0.3 is 6.18 Å². The summed E-state index contributed by atoms with van der Waals surface area (Å²) in [5.74, 6) is -0.704. The minimum absolute atomic E-state index is 0.214. The van der Waals surface area contributed by atoms with Crippen LogP contribution in [0.1, 0.15) is 32.9 Å². The van der Waals surface area contributed by atoms with Crippen LogP contribution < -0.4 is 16.0 Å². The number of aromatic nitrogens is 1. The van der Waals surface area contributed by atoms with E-state index in [-0.39, 0.29) is 6.10 Å². The Hall–Kier alpha value is -2.77. The van der Waals surface area contributed by atoms with Gasteiger partial charge in [0.2, 0.25) is 6.41 Å². The lowest BCUT2D eigenvalue weighted by atomic mass is 10.0. The predicted octanol–water partition coefficient (Wildman–Crippen LogP) is 2.09. The number of ether oxygens (including phenoxy) is 1. The number of amides is 1. The van der Waals surface area contributed by atoms with E-state index in [9.17, 15) is 22.5 Å². The third-order valence-electron chi connectivity index (χ3n) is 3.32. The Morgan fingerprint density at radius 2 is 2.00 bits per heavy atom. The molecule has 0 saturated carbocycles. The summed E-state index contributed by atoms with van der Waals surface area (Å²) in [7, 11) is 0. The largest absolute Gasteiger partial charge is 0.433 e. The highest BCUT2D eigenvalue weighted by atomic mass is 19.4. The van der Waals surface area contributed by atoms with Crippen LogP contribution >= 0.6 is 0 Å². The molecule has 1 aromatic rings. The number of allylic oxidation sites excluding steroid dienone is 1. The first-order chi connectivity index (χ1) is 14.6. The van der Waals surface area contributed by atoms with Crippen LogP contribution in [0.25, 0.3) is 0 Å². The average Bonchev–Trinajstić information content (AvgIpc) is 2.77. The number of carbonyl (C=O) groups is 1. The summed E-state index contributed by atoms with van der Waals surface area (Å²) in [6.07, 6.45) is -2.97. The van der Waals surface area contributed by atoms with Crippen molar-refractivity contribution in [3.05, 3.63) is 35.8 Å². The van der Waals surface area contributed by atoms with Gasteiger partial charge in [-0.25, -0.2) is 4.98 Å². The maximum absolute atomic E-state index is 11.9. The van der Waals surface area contributed by atoms with Gasteiger partial charge in [0, 0.05) is 29.6 Å². The molecule has 1 aliphatic rings. The maximum atomic E-state index is 11.9. The van der Waals surface area contributed by atoms with Crippen molar-refractivity contribution in [1.82, 2.24) is 10.3 Å². The summed E-state index contributed by atoms with van der Waals surface area (Å²) < 4.78 is 52.0. The number of hydrogen-bond acceptors (Lipinski definition) is 8. The lowest BCUT2D eigenvalue weighted by Gasteiger charge is -2.29. The third-order valence-corrected chi connectivity index (χ3v) is 3.32. The molecule has 1 fully saturated rings. The molecule has 1 amide bonds. The standard InChI is InChI=1S/C6H3F4NO.C6H12O3.C4H7N3O.C2H6/c7-6(8,9)4-2-1-3-5(11-4)12-10;1-4-6(8)5(7)2-3-9-4;5-1-4(2-6)7-3-8;1-2/h1-3H;4-8H,2-3H2,1H3;1-3,5H,6H2,(H,7,8);1-2H3/b;;4-2+,5-1?;. The van der Waals surface area contributed by atoms with Gasteiger partial charge < -0.3 is 31.4 Å². The first-order valence-corrected chi connectivity index (χ1v) is 9.03. The van der Waals surface area contributed by atoms with Crippen LogP contribution in [-0.4, -0.2) is 52.7 Å². The van der Waals surface area contributed by atoms with E-state index >= 15 is 0 Å². The topological polar surface area (TPSA) is 151 Å². The highest BCUT2D eigenvalue weighted by Gasteiger charge is 2.32. The summed E-state index contributed by atoms with van der Waals surface area (Å²) in [5.41, 5.74) is 4.04. The Labute approximate surface area is 177 Å². The summed E-state index contributed by atoms with van der Waals surface area (Å²) in [6.45, 7) is 6.31. The zero-order chi connectivity index (χ0) is 24.4. The van der Waals surface area contributed by atoms with Crippen molar-refractivity contribution in [2.24, 2.45) is 5.73 Å².